The molecular formula is C12H16ClN3. The molecule has 0 bridgehead atoms. The van der Waals surface area contributed by atoms with Crippen LogP contribution in [0.2, 0.25) is 0 Å². The van der Waals surface area contributed by atoms with Gasteiger partial charge in [0, 0.05) is 19.0 Å². The summed E-state index contributed by atoms with van der Waals surface area (Å²) in [5, 5.41) is 3.37. The fraction of sp³-hybridized carbons (Fsp3) is 0.417. The van der Waals surface area contributed by atoms with Gasteiger partial charge in [0.2, 0.25) is 5.95 Å². The van der Waals surface area contributed by atoms with Crippen molar-refractivity contribution in [3.63, 3.8) is 0 Å². The van der Waals surface area contributed by atoms with E-state index in [2.05, 4.69) is 27.9 Å². The Morgan fingerprint density at radius 3 is 2.88 bits per heavy atom. The molecule has 86 valence electrons. The molecule has 1 N–H and O–H groups in total. The number of halogens is 1. The average molecular weight is 238 g/mol. The Balaban J connectivity index is 2.27. The number of rotatable bonds is 4. The van der Waals surface area contributed by atoms with Crippen molar-refractivity contribution < 1.29 is 0 Å². The number of anilines is 1. The Labute approximate surface area is 100 Å². The molecule has 0 spiro atoms. The molecule has 1 aromatic carbocycles. The normalized spacial score (nSPS) is 12.9. The lowest BCUT2D eigenvalue weighted by molar-refractivity contribution is 0.747. The zero-order valence-corrected chi connectivity index (χ0v) is 10.3. The maximum absolute atomic E-state index is 5.71. The second kappa shape index (κ2) is 4.74. The smallest absolute Gasteiger partial charge is 0.203 e. The first kappa shape index (κ1) is 11.3. The summed E-state index contributed by atoms with van der Waals surface area (Å²) in [6.07, 6.45) is 0.935. The molecule has 0 aliphatic carbocycles. The van der Waals surface area contributed by atoms with Crippen LogP contribution in [0, 0.1) is 0 Å². The Hall–Kier alpha value is -1.22. The van der Waals surface area contributed by atoms with Crippen LogP contribution in [0.15, 0.2) is 24.3 Å². The molecule has 0 radical (unpaired) electrons. The van der Waals surface area contributed by atoms with Crippen molar-refractivity contribution >= 4 is 28.6 Å². The first-order chi connectivity index (χ1) is 7.72. The lowest BCUT2D eigenvalue weighted by atomic mass is 10.3. The summed E-state index contributed by atoms with van der Waals surface area (Å²) in [6.45, 7) is 2.11. The third-order valence-corrected chi connectivity index (χ3v) is 2.92. The number of fused-ring (bicyclic) bond motifs is 1. The molecule has 0 aliphatic rings. The third kappa shape index (κ3) is 2.14. The minimum absolute atomic E-state index is 0.341. The average Bonchev–Trinajstić information content (AvgIpc) is 2.57. The lowest BCUT2D eigenvalue weighted by Gasteiger charge is -2.12. The summed E-state index contributed by atoms with van der Waals surface area (Å²) in [6, 6.07) is 8.46. The Kier molecular flexibility index (Phi) is 3.34. The van der Waals surface area contributed by atoms with Crippen LogP contribution in [-0.4, -0.2) is 21.5 Å². The second-order valence-electron chi connectivity index (χ2n) is 4.01. The van der Waals surface area contributed by atoms with Gasteiger partial charge in [0.25, 0.3) is 0 Å². The standard InChI is InChI=1S/C12H16ClN3/c1-9(7-8-13)14-12-15-10-5-3-4-6-11(10)16(12)2/h3-6,9H,7-8H2,1-2H3,(H,14,15). The minimum Gasteiger partial charge on any atom is -0.353 e. The monoisotopic (exact) mass is 237 g/mol. The molecule has 0 saturated heterocycles. The predicted octanol–water partition coefficient (Wildman–Crippen LogP) is 3.00. The molecule has 0 saturated carbocycles. The van der Waals surface area contributed by atoms with Gasteiger partial charge in [-0.25, -0.2) is 4.98 Å². The Morgan fingerprint density at radius 1 is 1.44 bits per heavy atom. The highest BCUT2D eigenvalue weighted by molar-refractivity contribution is 6.17. The predicted molar refractivity (Wildman–Crippen MR) is 69.1 cm³/mol. The van der Waals surface area contributed by atoms with Gasteiger partial charge < -0.3 is 9.88 Å². The maximum atomic E-state index is 5.71. The number of benzene rings is 1. The van der Waals surface area contributed by atoms with Crippen LogP contribution in [0.5, 0.6) is 0 Å². The molecule has 4 heteroatoms. The number of hydrogen-bond donors (Lipinski definition) is 1. The van der Waals surface area contributed by atoms with E-state index in [4.69, 9.17) is 11.6 Å². The quantitative estimate of drug-likeness (QED) is 0.829. The molecule has 0 aliphatic heterocycles. The number of aromatic nitrogens is 2. The van der Waals surface area contributed by atoms with Crippen molar-refractivity contribution in [1.82, 2.24) is 9.55 Å². The summed E-state index contributed by atoms with van der Waals surface area (Å²) < 4.78 is 2.07. The van der Waals surface area contributed by atoms with Gasteiger partial charge in [-0.3, -0.25) is 0 Å². The highest BCUT2D eigenvalue weighted by atomic mass is 35.5. The van der Waals surface area contributed by atoms with Crippen molar-refractivity contribution in [2.24, 2.45) is 7.05 Å². The molecule has 0 fully saturated rings. The number of nitrogens with one attached hydrogen (secondary N) is 1. The third-order valence-electron chi connectivity index (χ3n) is 2.70. The Bertz CT molecular complexity index is 478. The van der Waals surface area contributed by atoms with E-state index in [0.717, 1.165) is 23.4 Å². The van der Waals surface area contributed by atoms with E-state index in [-0.39, 0.29) is 0 Å². The molecule has 2 aromatic rings. The van der Waals surface area contributed by atoms with E-state index in [0.29, 0.717) is 11.9 Å². The molecule has 1 heterocycles. The largest absolute Gasteiger partial charge is 0.353 e. The van der Waals surface area contributed by atoms with Crippen LogP contribution in [0.4, 0.5) is 5.95 Å². The van der Waals surface area contributed by atoms with Gasteiger partial charge >= 0.3 is 0 Å². The van der Waals surface area contributed by atoms with E-state index in [1.54, 1.807) is 0 Å². The summed E-state index contributed by atoms with van der Waals surface area (Å²) in [7, 11) is 2.02. The van der Waals surface area contributed by atoms with Gasteiger partial charge in [0.05, 0.1) is 11.0 Å². The van der Waals surface area contributed by atoms with Crippen LogP contribution in [-0.2, 0) is 7.05 Å². The zero-order chi connectivity index (χ0) is 11.5. The second-order valence-corrected chi connectivity index (χ2v) is 4.38. The number of alkyl halides is 1. The van der Waals surface area contributed by atoms with E-state index in [9.17, 15) is 0 Å². The minimum atomic E-state index is 0.341. The summed E-state index contributed by atoms with van der Waals surface area (Å²) in [4.78, 5) is 4.54. The van der Waals surface area contributed by atoms with Gasteiger partial charge in [0.15, 0.2) is 0 Å². The van der Waals surface area contributed by atoms with Crippen LogP contribution >= 0.6 is 11.6 Å². The van der Waals surface area contributed by atoms with Gasteiger partial charge in [-0.15, -0.1) is 11.6 Å². The van der Waals surface area contributed by atoms with Gasteiger partial charge in [-0.1, -0.05) is 12.1 Å². The van der Waals surface area contributed by atoms with Crippen LogP contribution < -0.4 is 5.32 Å². The number of hydrogen-bond acceptors (Lipinski definition) is 2. The summed E-state index contributed by atoms with van der Waals surface area (Å²) >= 11 is 5.71. The SMILES string of the molecule is CC(CCCl)Nc1nc2ccccc2n1C. The molecule has 1 aromatic heterocycles. The fourth-order valence-corrected chi connectivity index (χ4v) is 2.06. The van der Waals surface area contributed by atoms with Crippen LogP contribution in [0.1, 0.15) is 13.3 Å². The van der Waals surface area contributed by atoms with Crippen molar-refractivity contribution in [2.45, 2.75) is 19.4 Å². The van der Waals surface area contributed by atoms with Crippen LogP contribution in [0.25, 0.3) is 11.0 Å². The van der Waals surface area contributed by atoms with Crippen molar-refractivity contribution in [3.05, 3.63) is 24.3 Å². The fourth-order valence-electron chi connectivity index (χ4n) is 1.73. The molecule has 3 nitrogen and oxygen atoms in total. The van der Waals surface area contributed by atoms with E-state index in [1.807, 2.05) is 25.2 Å². The topological polar surface area (TPSA) is 29.9 Å². The van der Waals surface area contributed by atoms with E-state index >= 15 is 0 Å². The van der Waals surface area contributed by atoms with Crippen LogP contribution in [0.3, 0.4) is 0 Å². The van der Waals surface area contributed by atoms with Crippen molar-refractivity contribution in [1.29, 1.82) is 0 Å². The first-order valence-electron chi connectivity index (χ1n) is 5.46. The van der Waals surface area contributed by atoms with E-state index < -0.39 is 0 Å². The van der Waals surface area contributed by atoms with Gasteiger partial charge in [-0.05, 0) is 25.5 Å². The van der Waals surface area contributed by atoms with Gasteiger partial charge in [-0.2, -0.15) is 0 Å². The molecule has 1 unspecified atom stereocenters. The number of para-hydroxylation sites is 2. The number of imidazole rings is 1. The molecule has 0 amide bonds. The highest BCUT2D eigenvalue weighted by Gasteiger charge is 2.08. The molecular weight excluding hydrogens is 222 g/mol. The summed E-state index contributed by atoms with van der Waals surface area (Å²) in [5.41, 5.74) is 2.16. The van der Waals surface area contributed by atoms with Gasteiger partial charge in [0.1, 0.15) is 0 Å². The molecule has 16 heavy (non-hydrogen) atoms. The maximum Gasteiger partial charge on any atom is 0.203 e. The zero-order valence-electron chi connectivity index (χ0n) is 9.57. The molecule has 2 rings (SSSR count). The first-order valence-corrected chi connectivity index (χ1v) is 6.00. The van der Waals surface area contributed by atoms with E-state index in [1.165, 1.54) is 0 Å². The number of nitrogens with zero attached hydrogens (tertiary/aromatic N) is 2. The summed E-state index contributed by atoms with van der Waals surface area (Å²) in [5.74, 6) is 1.57. The number of aryl methyl sites for hydroxylation is 1. The molecule has 1 atom stereocenters. The highest BCUT2D eigenvalue weighted by Crippen LogP contribution is 2.18. The van der Waals surface area contributed by atoms with Crippen molar-refractivity contribution in [2.75, 3.05) is 11.2 Å². The Morgan fingerprint density at radius 2 is 2.19 bits per heavy atom. The lowest BCUT2D eigenvalue weighted by Crippen LogP contribution is -2.18. The van der Waals surface area contributed by atoms with Crippen molar-refractivity contribution in [3.8, 4) is 0 Å².